The molecular formula is C25H15N3O5. The lowest BCUT2D eigenvalue weighted by atomic mass is 9.98. The summed E-state index contributed by atoms with van der Waals surface area (Å²) in [5.74, 6) is -2.19. The zero-order valence-corrected chi connectivity index (χ0v) is 17.0. The number of carbonyl (C=O) groups excluding carboxylic acids is 2. The number of carbonyl (C=O) groups is 2. The van der Waals surface area contributed by atoms with Gasteiger partial charge in [0.25, 0.3) is 5.56 Å². The number of H-pyrrole nitrogens is 2. The summed E-state index contributed by atoms with van der Waals surface area (Å²) >= 11 is 0. The van der Waals surface area contributed by atoms with Gasteiger partial charge in [0.15, 0.2) is 11.6 Å². The van der Waals surface area contributed by atoms with Crippen LogP contribution < -0.4 is 11.2 Å². The van der Waals surface area contributed by atoms with Crippen molar-refractivity contribution in [1.29, 1.82) is 0 Å². The highest BCUT2D eigenvalue weighted by Crippen LogP contribution is 2.34. The molecular weight excluding hydrogens is 422 g/mol. The lowest BCUT2D eigenvalue weighted by Crippen LogP contribution is -2.23. The average Bonchev–Trinajstić information content (AvgIpc) is 3.04. The van der Waals surface area contributed by atoms with E-state index in [1.165, 1.54) is 12.2 Å². The third-order valence-electron chi connectivity index (χ3n) is 5.45. The summed E-state index contributed by atoms with van der Waals surface area (Å²) < 4.78 is 0. The van der Waals surface area contributed by atoms with Crippen LogP contribution in [0.25, 0.3) is 23.1 Å². The van der Waals surface area contributed by atoms with Crippen LogP contribution in [0.4, 0.5) is 0 Å². The number of ketones is 2. The van der Waals surface area contributed by atoms with E-state index in [-0.39, 0.29) is 17.1 Å². The number of nitrogens with zero attached hydrogens (tertiary/aromatic N) is 1. The molecule has 8 nitrogen and oxygen atoms in total. The van der Waals surface area contributed by atoms with Gasteiger partial charge in [0, 0.05) is 16.5 Å². The van der Waals surface area contributed by atoms with Gasteiger partial charge in [-0.3, -0.25) is 29.3 Å². The highest BCUT2D eigenvalue weighted by Gasteiger charge is 2.40. The molecule has 0 saturated carbocycles. The van der Waals surface area contributed by atoms with Gasteiger partial charge in [-0.2, -0.15) is 0 Å². The number of nitrogens with one attached hydrogen (secondary N) is 2. The van der Waals surface area contributed by atoms with E-state index in [0.29, 0.717) is 27.9 Å². The Labute approximate surface area is 185 Å². The van der Waals surface area contributed by atoms with Crippen molar-refractivity contribution < 1.29 is 14.7 Å². The normalized spacial score (nSPS) is 14.7. The first-order chi connectivity index (χ1) is 15.9. The van der Waals surface area contributed by atoms with E-state index in [1.807, 2.05) is 35.3 Å². The molecule has 2 aromatic heterocycles. The van der Waals surface area contributed by atoms with E-state index in [4.69, 9.17) is 0 Å². The van der Waals surface area contributed by atoms with Crippen molar-refractivity contribution in [2.75, 3.05) is 0 Å². The number of fused-ring (bicyclic) bond motifs is 2. The van der Waals surface area contributed by atoms with Gasteiger partial charge in [-0.25, -0.2) is 4.79 Å². The van der Waals surface area contributed by atoms with Gasteiger partial charge in [0.05, 0.1) is 11.2 Å². The molecule has 0 radical (unpaired) electrons. The second-order valence-electron chi connectivity index (χ2n) is 7.52. The Morgan fingerprint density at radius 3 is 2.48 bits per heavy atom. The molecule has 0 fully saturated rings. The molecule has 3 N–H and O–H groups in total. The summed E-state index contributed by atoms with van der Waals surface area (Å²) in [5.41, 5.74) is 3.29. The number of aromatic amines is 2. The maximum absolute atomic E-state index is 13.1. The van der Waals surface area contributed by atoms with Crippen molar-refractivity contribution in [2.45, 2.75) is 5.92 Å². The topological polar surface area (TPSA) is 133 Å². The Balaban J connectivity index is 1.48. The lowest BCUT2D eigenvalue weighted by Gasteiger charge is -2.07. The second kappa shape index (κ2) is 7.71. The maximum Gasteiger partial charge on any atom is 0.328 e. The van der Waals surface area contributed by atoms with Gasteiger partial charge in [-0.15, -0.1) is 5.73 Å². The number of hydrogen-bond acceptors (Lipinski definition) is 6. The molecule has 1 aliphatic rings. The van der Waals surface area contributed by atoms with Crippen molar-refractivity contribution in [3.8, 4) is 5.88 Å². The van der Waals surface area contributed by atoms with Crippen LogP contribution in [-0.4, -0.2) is 31.6 Å². The van der Waals surface area contributed by atoms with Gasteiger partial charge < -0.3 is 5.11 Å². The molecule has 4 aromatic rings. The predicted octanol–water partition coefficient (Wildman–Crippen LogP) is 2.81. The minimum atomic E-state index is -0.990. The summed E-state index contributed by atoms with van der Waals surface area (Å²) in [5, 5.41) is 10.6. The smallest absolute Gasteiger partial charge is 0.328 e. The van der Waals surface area contributed by atoms with Crippen molar-refractivity contribution in [2.24, 2.45) is 0 Å². The summed E-state index contributed by atoms with van der Waals surface area (Å²) in [6.45, 7) is 0. The van der Waals surface area contributed by atoms with Crippen LogP contribution in [0.1, 0.15) is 43.5 Å². The Morgan fingerprint density at radius 1 is 0.879 bits per heavy atom. The molecule has 0 bridgehead atoms. The number of Topliss-reactive ketones (excluding diaryl/α,β-unsaturated/α-hetero) is 2. The number of aromatic nitrogens is 3. The molecule has 8 heteroatoms. The quantitative estimate of drug-likeness (QED) is 0.333. The first kappa shape index (κ1) is 20.1. The lowest BCUT2D eigenvalue weighted by molar-refractivity contribution is 0.0888. The molecule has 2 heterocycles. The molecule has 0 amide bonds. The van der Waals surface area contributed by atoms with Crippen LogP contribution >= 0.6 is 0 Å². The van der Waals surface area contributed by atoms with Gasteiger partial charge in [0.2, 0.25) is 5.88 Å². The second-order valence-corrected chi connectivity index (χ2v) is 7.52. The Bertz CT molecular complexity index is 1650. The highest BCUT2D eigenvalue weighted by atomic mass is 16.3. The van der Waals surface area contributed by atoms with Crippen molar-refractivity contribution in [3.63, 3.8) is 0 Å². The Morgan fingerprint density at radius 2 is 1.67 bits per heavy atom. The maximum atomic E-state index is 13.1. The first-order valence-electron chi connectivity index (χ1n) is 9.98. The van der Waals surface area contributed by atoms with E-state index in [9.17, 15) is 24.3 Å². The van der Waals surface area contributed by atoms with Crippen LogP contribution in [0.2, 0.25) is 0 Å². The summed E-state index contributed by atoms with van der Waals surface area (Å²) in [6.07, 6.45) is 2.69. The van der Waals surface area contributed by atoms with Crippen LogP contribution in [0, 0.1) is 0 Å². The van der Waals surface area contributed by atoms with E-state index in [1.54, 1.807) is 24.3 Å². The molecule has 2 aromatic carbocycles. The Hall–Kier alpha value is -4.81. The zero-order chi connectivity index (χ0) is 23.1. The van der Waals surface area contributed by atoms with Crippen LogP contribution in [-0.2, 0) is 0 Å². The fourth-order valence-electron chi connectivity index (χ4n) is 3.85. The van der Waals surface area contributed by atoms with Crippen LogP contribution in [0.5, 0.6) is 5.88 Å². The molecule has 1 unspecified atom stereocenters. The zero-order valence-electron chi connectivity index (χ0n) is 17.0. The monoisotopic (exact) mass is 437 g/mol. The minimum Gasteiger partial charge on any atom is -0.494 e. The minimum absolute atomic E-state index is 0.166. The number of benzene rings is 2. The average molecular weight is 437 g/mol. The number of aromatic hydroxyl groups is 1. The molecule has 0 saturated heterocycles. The number of para-hydroxylation sites is 1. The molecule has 0 aliphatic heterocycles. The van der Waals surface area contributed by atoms with Crippen LogP contribution in [0.15, 0.2) is 69.9 Å². The largest absolute Gasteiger partial charge is 0.494 e. The van der Waals surface area contributed by atoms with Gasteiger partial charge in [-0.1, -0.05) is 36.4 Å². The van der Waals surface area contributed by atoms with Gasteiger partial charge in [0.1, 0.15) is 11.5 Å². The molecule has 1 aliphatic carbocycles. The van der Waals surface area contributed by atoms with Crippen molar-refractivity contribution >= 4 is 34.6 Å². The fraction of sp³-hybridized carbons (Fsp3) is 0.0400. The SMILES string of the molecule is O=C1c2ccc(C=C=Cc3c(O)[nH]c(=O)[nH]c3=O)cc2C(=O)C1c1ccc2ccccc2n1. The number of rotatable bonds is 3. The molecule has 33 heavy (non-hydrogen) atoms. The van der Waals surface area contributed by atoms with Gasteiger partial charge in [-0.05, 0) is 35.9 Å². The molecule has 160 valence electrons. The molecule has 0 spiro atoms. The first-order valence-corrected chi connectivity index (χ1v) is 9.98. The van der Waals surface area contributed by atoms with E-state index >= 15 is 0 Å². The molecule has 5 rings (SSSR count). The standard InChI is InChI=1S/C25H15N3O5/c29-21-15-10-8-13(4-3-6-16-23(31)27-25(33)28-24(16)32)12-17(15)22(30)20(21)19-11-9-14-5-1-2-7-18(14)26-19/h1-2,4-12,20H,(H3,27,28,31,32,33). The predicted molar refractivity (Wildman–Crippen MR) is 121 cm³/mol. The van der Waals surface area contributed by atoms with Crippen LogP contribution in [0.3, 0.4) is 0 Å². The number of pyridine rings is 1. The summed E-state index contributed by atoms with van der Waals surface area (Å²) in [7, 11) is 0. The summed E-state index contributed by atoms with van der Waals surface area (Å²) in [6, 6.07) is 15.8. The van der Waals surface area contributed by atoms with E-state index in [0.717, 1.165) is 5.39 Å². The summed E-state index contributed by atoms with van der Waals surface area (Å²) in [4.78, 5) is 57.6. The fourth-order valence-corrected chi connectivity index (χ4v) is 3.85. The molecule has 1 atom stereocenters. The van der Waals surface area contributed by atoms with Crippen molar-refractivity contribution in [3.05, 3.63) is 109 Å². The number of hydrogen-bond donors (Lipinski definition) is 3. The van der Waals surface area contributed by atoms with E-state index < -0.39 is 23.0 Å². The van der Waals surface area contributed by atoms with Gasteiger partial charge >= 0.3 is 5.69 Å². The highest BCUT2D eigenvalue weighted by molar-refractivity contribution is 6.29. The third kappa shape index (κ3) is 3.50. The van der Waals surface area contributed by atoms with Crippen molar-refractivity contribution in [1.82, 2.24) is 15.0 Å². The Kier molecular flexibility index (Phi) is 4.70. The van der Waals surface area contributed by atoms with E-state index in [2.05, 4.69) is 15.7 Å². The third-order valence-corrected chi connectivity index (χ3v) is 5.45.